The van der Waals surface area contributed by atoms with Crippen molar-refractivity contribution >= 4 is 53.2 Å². The molecule has 8 rings (SSSR count). The number of hydrogen-bond acceptors (Lipinski definition) is 4. The quantitative estimate of drug-likeness (QED) is 0.189. The van der Waals surface area contributed by atoms with E-state index in [1.807, 2.05) is 60.7 Å². The molecule has 2 N–H and O–H groups in total. The number of nitrogens with one attached hydrogen (secondary N) is 2. The van der Waals surface area contributed by atoms with Crippen LogP contribution in [0, 0.1) is 0 Å². The second-order valence-corrected chi connectivity index (χ2v) is 12.3. The van der Waals surface area contributed by atoms with E-state index in [4.69, 9.17) is 0 Å². The smallest absolute Gasteiger partial charge is 0.872 e. The number of fused-ring (bicyclic) bond motifs is 2. The van der Waals surface area contributed by atoms with Crippen molar-refractivity contribution in [1.29, 1.82) is 0 Å². The Labute approximate surface area is 272 Å². The number of benzene rings is 6. The van der Waals surface area contributed by atoms with E-state index in [0.29, 0.717) is 0 Å². The summed E-state index contributed by atoms with van der Waals surface area (Å²) in [6, 6.07) is 47.3. The average Bonchev–Trinajstić information content (AvgIpc) is 3.71. The topological polar surface area (TPSA) is 74.4 Å². The van der Waals surface area contributed by atoms with Crippen molar-refractivity contribution in [2.45, 2.75) is 0 Å². The van der Waals surface area contributed by atoms with E-state index in [-0.39, 0.29) is 21.6 Å². The number of rotatable bonds is 4. The molecule has 6 aromatic carbocycles. The van der Waals surface area contributed by atoms with E-state index in [2.05, 4.69) is 70.6 Å². The normalized spacial score (nSPS) is 10.7. The summed E-state index contributed by atoms with van der Waals surface area (Å²) in [5.74, 6) is 0.0955. The summed E-state index contributed by atoms with van der Waals surface area (Å²) in [6.45, 7) is 0. The molecule has 0 spiro atoms. The van der Waals surface area contributed by atoms with E-state index >= 15 is 0 Å². The molecule has 0 fully saturated rings. The average molecular weight is 616 g/mol. The van der Waals surface area contributed by atoms with Crippen molar-refractivity contribution in [3.05, 3.63) is 146 Å². The molecular weight excluding hydrogens is 590 g/mol. The predicted molar refractivity (Wildman–Crippen MR) is 183 cm³/mol. The summed E-state index contributed by atoms with van der Waals surface area (Å²) in [6.07, 6.45) is 0. The molecule has 45 heavy (non-hydrogen) atoms. The molecule has 7 heteroatoms. The van der Waals surface area contributed by atoms with Crippen LogP contribution in [0.25, 0.3) is 63.8 Å². The molecule has 0 saturated heterocycles. The zero-order valence-corrected chi connectivity index (χ0v) is 25.8. The first kappa shape index (κ1) is 29.9. The van der Waals surface area contributed by atoms with Gasteiger partial charge in [0.15, 0.2) is 0 Å². The van der Waals surface area contributed by atoms with E-state index in [0.717, 1.165) is 52.7 Å². The van der Waals surface area contributed by atoms with Gasteiger partial charge < -0.3 is 10.2 Å². The van der Waals surface area contributed by atoms with Crippen LogP contribution in [-0.2, 0) is 0 Å². The number of aromatic nitrogens is 2. The molecule has 0 aliphatic carbocycles. The van der Waals surface area contributed by atoms with Crippen LogP contribution in [0.2, 0.25) is 0 Å². The zero-order chi connectivity index (χ0) is 29.9. The van der Waals surface area contributed by atoms with Gasteiger partial charge in [0.2, 0.25) is 11.0 Å². The third-order valence-corrected chi connectivity index (χ3v) is 9.56. The Bertz CT molecular complexity index is 2050. The van der Waals surface area contributed by atoms with Gasteiger partial charge in [-0.1, -0.05) is 143 Å². The Morgan fingerprint density at radius 1 is 0.378 bits per heavy atom. The van der Waals surface area contributed by atoms with Gasteiger partial charge in [0.1, 0.15) is 9.40 Å². The molecule has 0 amide bonds. The van der Waals surface area contributed by atoms with Gasteiger partial charge >= 0.3 is 10.1 Å². The van der Waals surface area contributed by atoms with Crippen molar-refractivity contribution in [2.24, 2.45) is 0 Å². The Hall–Kier alpha value is -5.13. The van der Waals surface area contributed by atoms with Gasteiger partial charge in [-0.3, -0.25) is 0 Å². The molecule has 0 aliphatic heterocycles. The van der Waals surface area contributed by atoms with Gasteiger partial charge in [0.05, 0.1) is 11.1 Å². The second-order valence-electron chi connectivity index (χ2n) is 10.2. The van der Waals surface area contributed by atoms with Crippen LogP contribution < -0.4 is 20.2 Å². The van der Waals surface area contributed by atoms with Crippen LogP contribution >= 0.6 is 22.7 Å². The number of hydrogen-bond donors (Lipinski definition) is 0. The van der Waals surface area contributed by atoms with E-state index in [9.17, 15) is 10.2 Å². The standard InChI is InChI=1S/2C19H13NOS.Be/c2*21-16-11-5-4-9-15(16)19-20-18-14(10-6-12-17(18)22-19)13-7-2-1-3-8-13;/h2*1-12,21H;/q;;+2. The van der Waals surface area contributed by atoms with Crippen molar-refractivity contribution in [3.63, 3.8) is 0 Å². The summed E-state index contributed by atoms with van der Waals surface area (Å²) in [7, 11) is 0. The largest absolute Gasteiger partial charge is 2.00 e. The minimum atomic E-state index is 0. The molecule has 0 saturated carbocycles. The zero-order valence-electron chi connectivity index (χ0n) is 24.2. The third-order valence-electron chi connectivity index (χ3n) is 7.39. The third kappa shape index (κ3) is 6.13. The number of H-pyrrole nitrogens is 2. The van der Waals surface area contributed by atoms with Gasteiger partial charge in [-0.25, -0.2) is 0 Å². The van der Waals surface area contributed by atoms with Crippen LogP contribution in [0.5, 0.6) is 11.5 Å². The maximum atomic E-state index is 12.0. The first-order chi connectivity index (χ1) is 21.7. The summed E-state index contributed by atoms with van der Waals surface area (Å²) in [4.78, 5) is 6.88. The summed E-state index contributed by atoms with van der Waals surface area (Å²) >= 11 is 3.24. The molecule has 0 radical (unpaired) electrons. The molecule has 0 atom stereocenters. The summed E-state index contributed by atoms with van der Waals surface area (Å²) in [5, 5.41) is 25.9. The van der Waals surface area contributed by atoms with Gasteiger partial charge in [-0.2, -0.15) is 9.97 Å². The molecule has 2 aromatic heterocycles. The Kier molecular flexibility index (Phi) is 8.81. The Balaban J connectivity index is 0.000000155. The van der Waals surface area contributed by atoms with Crippen molar-refractivity contribution in [3.8, 4) is 54.9 Å². The minimum absolute atomic E-state index is 0. The van der Waals surface area contributed by atoms with E-state index < -0.39 is 0 Å². The molecule has 212 valence electrons. The van der Waals surface area contributed by atoms with Crippen molar-refractivity contribution in [2.75, 3.05) is 0 Å². The van der Waals surface area contributed by atoms with Crippen molar-refractivity contribution < 1.29 is 20.2 Å². The SMILES string of the molecule is [Be+2].[O-]c1ccccc1-c1[nH+]c2c(-c3ccccc3)cccc2s1.[O-]c1ccccc1-c1[nH+]c2c(-c3ccccc3)cccc2s1. The monoisotopic (exact) mass is 615 g/mol. The van der Waals surface area contributed by atoms with Gasteiger partial charge in [-0.15, -0.1) is 0 Å². The fourth-order valence-electron chi connectivity index (χ4n) is 5.26. The summed E-state index contributed by atoms with van der Waals surface area (Å²) < 4.78 is 2.30. The fraction of sp³-hybridized carbons (Fsp3) is 0. The molecule has 0 bridgehead atoms. The molecule has 2 heterocycles. The van der Waals surface area contributed by atoms with Crippen molar-refractivity contribution in [1.82, 2.24) is 0 Å². The van der Waals surface area contributed by atoms with Crippen LogP contribution in [0.3, 0.4) is 0 Å². The fourth-order valence-corrected chi connectivity index (χ4v) is 7.38. The summed E-state index contributed by atoms with van der Waals surface area (Å²) in [5.41, 5.74) is 8.26. The van der Waals surface area contributed by atoms with Crippen LogP contribution in [0.4, 0.5) is 0 Å². The molecule has 0 aliphatic rings. The molecule has 8 aromatic rings. The van der Waals surface area contributed by atoms with Crippen LogP contribution in [-0.4, -0.2) is 10.1 Å². The second kappa shape index (κ2) is 13.2. The maximum absolute atomic E-state index is 12.0. The van der Waals surface area contributed by atoms with Gasteiger partial charge in [-0.05, 0) is 47.5 Å². The molecular formula is C38H26BeN2O2S2+2. The van der Waals surface area contributed by atoms with Gasteiger partial charge in [0, 0.05) is 11.1 Å². The minimum Gasteiger partial charge on any atom is -0.872 e. The predicted octanol–water partition coefficient (Wildman–Crippen LogP) is 7.87. The first-order valence-electron chi connectivity index (χ1n) is 14.2. The molecule has 4 nitrogen and oxygen atoms in total. The van der Waals surface area contributed by atoms with Gasteiger partial charge in [0.25, 0.3) is 10.0 Å². The number of aromatic amines is 2. The maximum Gasteiger partial charge on any atom is 2.00 e. The van der Waals surface area contributed by atoms with Crippen LogP contribution in [0.1, 0.15) is 0 Å². The van der Waals surface area contributed by atoms with E-state index in [1.165, 1.54) is 11.1 Å². The number of para-hydroxylation sites is 4. The number of thiazole rings is 2. The first-order valence-corrected chi connectivity index (χ1v) is 15.8. The van der Waals surface area contributed by atoms with Crippen LogP contribution in [0.15, 0.2) is 146 Å². The molecule has 0 unspecified atom stereocenters. The van der Waals surface area contributed by atoms with E-state index in [1.54, 1.807) is 46.9 Å². The Morgan fingerprint density at radius 3 is 1.13 bits per heavy atom. The Morgan fingerprint density at radius 2 is 0.733 bits per heavy atom.